The lowest BCUT2D eigenvalue weighted by molar-refractivity contribution is -0.122. The summed E-state index contributed by atoms with van der Waals surface area (Å²) in [7, 11) is 1.25. The van der Waals surface area contributed by atoms with Crippen LogP contribution in [0.1, 0.15) is 44.4 Å². The molecule has 2 heterocycles. The summed E-state index contributed by atoms with van der Waals surface area (Å²) in [6.07, 6.45) is 4.98. The molecule has 0 bridgehead atoms. The average Bonchev–Trinajstić information content (AvgIpc) is 2.80. The number of unbranched alkanes of at least 4 members (excludes halogenated alkanes) is 1. The number of carbonyl (C=O) groups is 2. The summed E-state index contributed by atoms with van der Waals surface area (Å²) in [5, 5.41) is 11.7. The van der Waals surface area contributed by atoms with Crippen LogP contribution < -0.4 is 21.3 Å². The van der Waals surface area contributed by atoms with Crippen molar-refractivity contribution in [1.29, 1.82) is 0 Å². The number of nitrogens with one attached hydrogen (secondary N) is 4. The highest BCUT2D eigenvalue weighted by atomic mass is 16.5. The quantitative estimate of drug-likeness (QED) is 0.319. The Morgan fingerprint density at radius 3 is 2.79 bits per heavy atom. The predicted octanol–water partition coefficient (Wildman–Crippen LogP) is 2.74. The van der Waals surface area contributed by atoms with Crippen LogP contribution in [0.4, 0.5) is 22.2 Å². The molecular formula is C23H31N7O3. The molecule has 0 fully saturated rings. The molecule has 2 rings (SSSR count). The van der Waals surface area contributed by atoms with Crippen LogP contribution in [0.5, 0.6) is 0 Å². The van der Waals surface area contributed by atoms with Gasteiger partial charge in [0, 0.05) is 37.1 Å². The zero-order valence-electron chi connectivity index (χ0n) is 19.5. The largest absolute Gasteiger partial charge is 0.453 e. The van der Waals surface area contributed by atoms with E-state index in [1.165, 1.54) is 7.11 Å². The third-order valence-electron chi connectivity index (χ3n) is 4.40. The molecule has 10 nitrogen and oxygen atoms in total. The Bertz CT molecular complexity index is 1000. The highest BCUT2D eigenvalue weighted by Crippen LogP contribution is 2.17. The van der Waals surface area contributed by atoms with E-state index in [2.05, 4.69) is 59.7 Å². The van der Waals surface area contributed by atoms with Crippen molar-refractivity contribution in [2.75, 3.05) is 30.8 Å². The number of pyridine rings is 1. The topological polar surface area (TPSA) is 130 Å². The van der Waals surface area contributed by atoms with Gasteiger partial charge in [0.05, 0.1) is 18.9 Å². The van der Waals surface area contributed by atoms with Crippen LogP contribution in [0.15, 0.2) is 24.5 Å². The summed E-state index contributed by atoms with van der Waals surface area (Å²) in [5.41, 5.74) is 2.47. The molecule has 0 aromatic carbocycles. The zero-order chi connectivity index (χ0) is 24.1. The zero-order valence-corrected chi connectivity index (χ0v) is 19.5. The fourth-order valence-corrected chi connectivity index (χ4v) is 2.66. The van der Waals surface area contributed by atoms with E-state index in [1.807, 2.05) is 19.1 Å². The van der Waals surface area contributed by atoms with E-state index in [9.17, 15) is 9.59 Å². The van der Waals surface area contributed by atoms with Crippen molar-refractivity contribution in [3.8, 4) is 11.8 Å². The maximum Gasteiger partial charge on any atom is 0.407 e. The van der Waals surface area contributed by atoms with Crippen LogP contribution in [0.2, 0.25) is 0 Å². The summed E-state index contributed by atoms with van der Waals surface area (Å²) in [4.78, 5) is 36.2. The molecule has 0 aliphatic rings. The number of carbonyl (C=O) groups excluding carboxylic acids is 2. The fraction of sp³-hybridized carbons (Fsp3) is 0.435. The molecule has 0 radical (unpaired) electrons. The van der Waals surface area contributed by atoms with Gasteiger partial charge in [-0.1, -0.05) is 18.8 Å². The van der Waals surface area contributed by atoms with Crippen molar-refractivity contribution < 1.29 is 14.3 Å². The minimum absolute atomic E-state index is 0.278. The maximum absolute atomic E-state index is 11.9. The van der Waals surface area contributed by atoms with Gasteiger partial charge in [-0.25, -0.2) is 9.78 Å². The van der Waals surface area contributed by atoms with Gasteiger partial charge < -0.3 is 26.0 Å². The number of aryl methyl sites for hydroxylation is 1. The monoisotopic (exact) mass is 453 g/mol. The van der Waals surface area contributed by atoms with Gasteiger partial charge >= 0.3 is 6.09 Å². The Morgan fingerprint density at radius 1 is 1.24 bits per heavy atom. The van der Waals surface area contributed by atoms with Gasteiger partial charge in [0.15, 0.2) is 0 Å². The molecule has 4 N–H and O–H groups in total. The number of rotatable bonds is 10. The lowest BCUT2D eigenvalue weighted by atomic mass is 10.2. The molecule has 1 unspecified atom stereocenters. The van der Waals surface area contributed by atoms with Crippen LogP contribution in [-0.4, -0.2) is 53.2 Å². The highest BCUT2D eigenvalue weighted by Gasteiger charge is 2.14. The first-order chi connectivity index (χ1) is 15.9. The highest BCUT2D eigenvalue weighted by molar-refractivity contribution is 5.85. The Labute approximate surface area is 194 Å². The molecule has 33 heavy (non-hydrogen) atoms. The van der Waals surface area contributed by atoms with Crippen molar-refractivity contribution in [3.05, 3.63) is 35.8 Å². The van der Waals surface area contributed by atoms with Crippen LogP contribution >= 0.6 is 0 Å². The molecule has 0 saturated carbocycles. The minimum atomic E-state index is -0.670. The van der Waals surface area contributed by atoms with Crippen molar-refractivity contribution in [2.45, 2.75) is 46.1 Å². The Balaban J connectivity index is 1.91. The summed E-state index contributed by atoms with van der Waals surface area (Å²) in [6.45, 7) is 6.81. The van der Waals surface area contributed by atoms with E-state index < -0.39 is 12.1 Å². The first-order valence-electron chi connectivity index (χ1n) is 10.8. The third-order valence-corrected chi connectivity index (χ3v) is 4.40. The van der Waals surface area contributed by atoms with Crippen molar-refractivity contribution in [3.63, 3.8) is 0 Å². The van der Waals surface area contributed by atoms with Crippen molar-refractivity contribution in [1.82, 2.24) is 25.6 Å². The number of aromatic nitrogens is 3. The molecule has 0 aliphatic carbocycles. The predicted molar refractivity (Wildman–Crippen MR) is 127 cm³/mol. The molecule has 0 aliphatic heterocycles. The van der Waals surface area contributed by atoms with Crippen molar-refractivity contribution in [2.24, 2.45) is 0 Å². The number of hydrogen-bond acceptors (Lipinski definition) is 8. The first-order valence-corrected chi connectivity index (χ1v) is 10.8. The smallest absolute Gasteiger partial charge is 0.407 e. The molecule has 10 heteroatoms. The van der Waals surface area contributed by atoms with E-state index in [4.69, 9.17) is 0 Å². The Morgan fingerprint density at radius 2 is 2.06 bits per heavy atom. The number of methoxy groups -OCH3 is 1. The number of hydrogen-bond donors (Lipinski definition) is 4. The number of amides is 2. The van der Waals surface area contributed by atoms with Crippen LogP contribution in [-0.2, 0) is 9.53 Å². The first kappa shape index (κ1) is 25.4. The number of alkyl carbamates (subject to hydrolysis) is 1. The lowest BCUT2D eigenvalue weighted by Gasteiger charge is -2.12. The van der Waals surface area contributed by atoms with Gasteiger partial charge in [0.2, 0.25) is 11.9 Å². The molecule has 176 valence electrons. The summed E-state index contributed by atoms with van der Waals surface area (Å²) in [6, 6.07) is 3.10. The molecule has 1 atom stereocenters. The van der Waals surface area contributed by atoms with Crippen molar-refractivity contribution >= 4 is 29.5 Å². The minimum Gasteiger partial charge on any atom is -0.453 e. The van der Waals surface area contributed by atoms with Crippen LogP contribution in [0.3, 0.4) is 0 Å². The number of nitrogens with zero attached hydrogens (tertiary/aromatic N) is 3. The second kappa shape index (κ2) is 13.5. The molecule has 2 amide bonds. The van der Waals surface area contributed by atoms with E-state index >= 15 is 0 Å². The van der Waals surface area contributed by atoms with E-state index in [1.54, 1.807) is 19.3 Å². The molecular weight excluding hydrogens is 422 g/mol. The average molecular weight is 454 g/mol. The van der Waals surface area contributed by atoms with E-state index in [-0.39, 0.29) is 5.91 Å². The molecule has 0 saturated heterocycles. The normalized spacial score (nSPS) is 10.9. The van der Waals surface area contributed by atoms with E-state index in [0.29, 0.717) is 36.7 Å². The molecule has 2 aromatic heterocycles. The van der Waals surface area contributed by atoms with Gasteiger partial charge in [-0.05, 0) is 38.8 Å². The number of anilines is 3. The Kier molecular flexibility index (Phi) is 10.4. The van der Waals surface area contributed by atoms with E-state index in [0.717, 1.165) is 24.3 Å². The van der Waals surface area contributed by atoms with Gasteiger partial charge in [-0.3, -0.25) is 9.78 Å². The van der Waals surface area contributed by atoms with Gasteiger partial charge in [0.1, 0.15) is 11.9 Å². The summed E-state index contributed by atoms with van der Waals surface area (Å²) >= 11 is 0. The second-order valence-electron chi connectivity index (χ2n) is 7.25. The summed E-state index contributed by atoms with van der Waals surface area (Å²) in [5.74, 6) is 7.07. The van der Waals surface area contributed by atoms with Crippen LogP contribution in [0.25, 0.3) is 0 Å². The second-order valence-corrected chi connectivity index (χ2v) is 7.25. The van der Waals surface area contributed by atoms with Crippen LogP contribution in [0, 0.1) is 18.8 Å². The molecule has 0 spiro atoms. The number of ether oxygens (including phenoxy) is 1. The third kappa shape index (κ3) is 9.03. The maximum atomic E-state index is 11.9. The SMILES string of the molecule is CCCNc1nc(Nc2ccnc(C)c2)ncc1C#CCCCNC(=O)C(C)NC(=O)OC. The van der Waals surface area contributed by atoms with Gasteiger partial charge in [-0.2, -0.15) is 4.98 Å². The lowest BCUT2D eigenvalue weighted by Crippen LogP contribution is -2.44. The fourth-order valence-electron chi connectivity index (χ4n) is 2.66. The molecule has 2 aromatic rings. The summed E-state index contributed by atoms with van der Waals surface area (Å²) < 4.78 is 4.48. The van der Waals surface area contributed by atoms with Gasteiger partial charge in [0.25, 0.3) is 0 Å². The standard InChI is InChI=1S/C23H31N7O3/c1-5-11-25-20-18(15-27-22(30-20)29-19-10-13-24-16(2)14-19)9-7-6-8-12-26-21(31)17(3)28-23(32)33-4/h10,13-15,17H,5-6,8,11-12H2,1-4H3,(H,26,31)(H,28,32)(H2,24,25,27,29,30). The van der Waals surface area contributed by atoms with Gasteiger partial charge in [-0.15, -0.1) is 0 Å². The Hall–Kier alpha value is -3.87.